The number of hydrogen-bond acceptors (Lipinski definition) is 5. The molecule has 1 unspecified atom stereocenters. The highest BCUT2D eigenvalue weighted by atomic mass is 32.1. The van der Waals surface area contributed by atoms with Gasteiger partial charge in [0.05, 0.1) is 7.11 Å². The minimum Gasteiger partial charge on any atom is -0.496 e. The summed E-state index contributed by atoms with van der Waals surface area (Å²) in [6.45, 7) is 3.85. The van der Waals surface area contributed by atoms with Gasteiger partial charge in [-0.05, 0) is 48.5 Å². The minimum absolute atomic E-state index is 0.213. The fourth-order valence-electron chi connectivity index (χ4n) is 3.28. The van der Waals surface area contributed by atoms with Crippen molar-refractivity contribution in [3.63, 3.8) is 0 Å². The fourth-order valence-corrected chi connectivity index (χ4v) is 4.03. The van der Waals surface area contributed by atoms with E-state index in [-0.39, 0.29) is 5.56 Å². The van der Waals surface area contributed by atoms with Gasteiger partial charge in [0.2, 0.25) is 0 Å². The molecule has 5 nitrogen and oxygen atoms in total. The molecule has 0 saturated carbocycles. The number of methoxy groups -OCH3 is 1. The van der Waals surface area contributed by atoms with Crippen LogP contribution in [0.2, 0.25) is 0 Å². The summed E-state index contributed by atoms with van der Waals surface area (Å²) in [5, 5.41) is 15.0. The first kappa shape index (κ1) is 17.9. The van der Waals surface area contributed by atoms with Crippen molar-refractivity contribution in [1.29, 1.82) is 0 Å². The Morgan fingerprint density at radius 3 is 3.04 bits per heavy atom. The first-order valence-electron chi connectivity index (χ1n) is 8.54. The Bertz CT molecular complexity index is 703. The van der Waals surface area contributed by atoms with Gasteiger partial charge in [-0.2, -0.15) is 0 Å². The van der Waals surface area contributed by atoms with Crippen LogP contribution < -0.4 is 10.1 Å². The van der Waals surface area contributed by atoms with Gasteiger partial charge in [0.1, 0.15) is 11.3 Å². The van der Waals surface area contributed by atoms with E-state index in [1.807, 2.05) is 6.07 Å². The lowest BCUT2D eigenvalue weighted by molar-refractivity contribution is 0.0693. The molecule has 2 N–H and O–H groups in total. The summed E-state index contributed by atoms with van der Waals surface area (Å²) in [6.07, 6.45) is 2.34. The molecule has 0 bridgehead atoms. The van der Waals surface area contributed by atoms with Gasteiger partial charge in [-0.3, -0.25) is 4.90 Å². The molecule has 0 amide bonds. The molecule has 0 aliphatic carbocycles. The SMILES string of the molecule is COc1ccc(CNC2CCCN(Cc3cccs3)C2)cc1C(=O)O. The van der Waals surface area contributed by atoms with Crippen molar-refractivity contribution in [2.75, 3.05) is 20.2 Å². The molecule has 134 valence electrons. The second kappa shape index (κ2) is 8.47. The molecule has 6 heteroatoms. The van der Waals surface area contributed by atoms with Crippen LogP contribution in [0.3, 0.4) is 0 Å². The first-order valence-corrected chi connectivity index (χ1v) is 9.42. The number of aromatic carboxylic acids is 1. The Balaban J connectivity index is 1.56. The predicted molar refractivity (Wildman–Crippen MR) is 99.4 cm³/mol. The predicted octanol–water partition coefficient (Wildman–Crippen LogP) is 3.21. The van der Waals surface area contributed by atoms with E-state index in [9.17, 15) is 9.90 Å². The molecular formula is C19H24N2O3S. The Kier molecular flexibility index (Phi) is 6.07. The third-order valence-corrected chi connectivity index (χ3v) is 5.42. The number of thiophene rings is 1. The standard InChI is InChI=1S/C19H24N2O3S/c1-24-18-7-6-14(10-17(18)19(22)23)11-20-15-4-2-8-21(12-15)13-16-5-3-9-25-16/h3,5-7,9-10,15,20H,2,4,8,11-13H2,1H3,(H,22,23). The molecule has 2 aromatic rings. The second-order valence-corrected chi connectivity index (χ2v) is 7.41. The van der Waals surface area contributed by atoms with Crippen LogP contribution in [0.1, 0.15) is 33.6 Å². The highest BCUT2D eigenvalue weighted by Crippen LogP contribution is 2.21. The van der Waals surface area contributed by atoms with Gasteiger partial charge in [0.15, 0.2) is 0 Å². The maximum Gasteiger partial charge on any atom is 0.339 e. The van der Waals surface area contributed by atoms with Crippen LogP contribution in [0.4, 0.5) is 0 Å². The monoisotopic (exact) mass is 360 g/mol. The summed E-state index contributed by atoms with van der Waals surface area (Å²) in [4.78, 5) is 15.2. The summed E-state index contributed by atoms with van der Waals surface area (Å²) in [5.41, 5.74) is 1.18. The van der Waals surface area contributed by atoms with E-state index in [1.165, 1.54) is 18.4 Å². The fraction of sp³-hybridized carbons (Fsp3) is 0.421. The topological polar surface area (TPSA) is 61.8 Å². The number of rotatable bonds is 7. The smallest absolute Gasteiger partial charge is 0.339 e. The number of hydrogen-bond donors (Lipinski definition) is 2. The molecule has 25 heavy (non-hydrogen) atoms. The summed E-state index contributed by atoms with van der Waals surface area (Å²) >= 11 is 1.81. The number of carboxylic acid groups (broad SMARTS) is 1. The Morgan fingerprint density at radius 2 is 2.32 bits per heavy atom. The first-order chi connectivity index (χ1) is 12.2. The summed E-state index contributed by atoms with van der Waals surface area (Å²) in [6, 6.07) is 10.1. The molecule has 1 saturated heterocycles. The molecule has 1 fully saturated rings. The van der Waals surface area contributed by atoms with Crippen molar-refractivity contribution in [2.24, 2.45) is 0 Å². The molecule has 1 aliphatic heterocycles. The molecule has 3 rings (SSSR count). The number of nitrogens with zero attached hydrogens (tertiary/aromatic N) is 1. The second-order valence-electron chi connectivity index (χ2n) is 6.37. The van der Waals surface area contributed by atoms with Gasteiger partial charge in [0.25, 0.3) is 0 Å². The molecule has 1 aromatic heterocycles. The third-order valence-electron chi connectivity index (χ3n) is 4.55. The maximum absolute atomic E-state index is 11.3. The van der Waals surface area contributed by atoms with E-state index in [0.29, 0.717) is 18.3 Å². The summed E-state index contributed by atoms with van der Waals surface area (Å²) in [7, 11) is 1.49. The lowest BCUT2D eigenvalue weighted by Crippen LogP contribution is -2.44. The average Bonchev–Trinajstić information content (AvgIpc) is 3.13. The quantitative estimate of drug-likeness (QED) is 0.794. The zero-order valence-electron chi connectivity index (χ0n) is 14.4. The molecule has 2 heterocycles. The average molecular weight is 360 g/mol. The minimum atomic E-state index is -0.960. The van der Waals surface area contributed by atoms with Crippen LogP contribution in [-0.4, -0.2) is 42.2 Å². The van der Waals surface area contributed by atoms with E-state index < -0.39 is 5.97 Å². The molecule has 0 radical (unpaired) electrons. The zero-order chi connectivity index (χ0) is 17.6. The number of ether oxygens (including phenoxy) is 1. The number of piperidine rings is 1. The summed E-state index contributed by atoms with van der Waals surface area (Å²) in [5.74, 6) is -0.561. The number of nitrogens with one attached hydrogen (secondary N) is 1. The highest BCUT2D eigenvalue weighted by molar-refractivity contribution is 7.09. The molecule has 0 spiro atoms. The van der Waals surface area contributed by atoms with Gasteiger partial charge < -0.3 is 15.2 Å². The van der Waals surface area contributed by atoms with E-state index in [1.54, 1.807) is 23.5 Å². The molecular weight excluding hydrogens is 336 g/mol. The van der Waals surface area contributed by atoms with Crippen LogP contribution in [0, 0.1) is 0 Å². The highest BCUT2D eigenvalue weighted by Gasteiger charge is 2.20. The number of likely N-dealkylation sites (tertiary alicyclic amines) is 1. The Labute approximate surface area is 152 Å². The van der Waals surface area contributed by atoms with Gasteiger partial charge >= 0.3 is 5.97 Å². The van der Waals surface area contributed by atoms with Crippen LogP contribution in [-0.2, 0) is 13.1 Å². The maximum atomic E-state index is 11.3. The number of benzene rings is 1. The van der Waals surface area contributed by atoms with Gasteiger partial charge in [-0.25, -0.2) is 4.79 Å². The van der Waals surface area contributed by atoms with Crippen LogP contribution in [0.25, 0.3) is 0 Å². The Hall–Kier alpha value is -1.89. The van der Waals surface area contributed by atoms with E-state index in [4.69, 9.17) is 4.74 Å². The van der Waals surface area contributed by atoms with Gasteiger partial charge in [-0.1, -0.05) is 12.1 Å². The van der Waals surface area contributed by atoms with Gasteiger partial charge in [0, 0.05) is 30.6 Å². The lowest BCUT2D eigenvalue weighted by Gasteiger charge is -2.33. The van der Waals surface area contributed by atoms with E-state index in [2.05, 4.69) is 27.7 Å². The van der Waals surface area contributed by atoms with Crippen molar-refractivity contribution in [1.82, 2.24) is 10.2 Å². The Morgan fingerprint density at radius 1 is 1.44 bits per heavy atom. The van der Waals surface area contributed by atoms with Crippen molar-refractivity contribution in [3.8, 4) is 5.75 Å². The van der Waals surface area contributed by atoms with Crippen molar-refractivity contribution in [2.45, 2.75) is 32.0 Å². The van der Waals surface area contributed by atoms with Crippen molar-refractivity contribution in [3.05, 3.63) is 51.7 Å². The lowest BCUT2D eigenvalue weighted by atomic mass is 10.0. The number of carboxylic acids is 1. The van der Waals surface area contributed by atoms with Crippen molar-refractivity contribution >= 4 is 17.3 Å². The number of carbonyl (C=O) groups is 1. The third kappa shape index (κ3) is 4.81. The van der Waals surface area contributed by atoms with Crippen molar-refractivity contribution < 1.29 is 14.6 Å². The zero-order valence-corrected chi connectivity index (χ0v) is 15.2. The summed E-state index contributed by atoms with van der Waals surface area (Å²) < 4.78 is 5.11. The van der Waals surface area contributed by atoms with Crippen LogP contribution in [0.5, 0.6) is 5.75 Å². The molecule has 1 aromatic carbocycles. The largest absolute Gasteiger partial charge is 0.496 e. The van der Waals surface area contributed by atoms with E-state index in [0.717, 1.165) is 31.6 Å². The van der Waals surface area contributed by atoms with Gasteiger partial charge in [-0.15, -0.1) is 11.3 Å². The normalized spacial score (nSPS) is 18.2. The van der Waals surface area contributed by atoms with Crippen LogP contribution in [0.15, 0.2) is 35.7 Å². The van der Waals surface area contributed by atoms with E-state index >= 15 is 0 Å². The van der Waals surface area contributed by atoms with Crippen LogP contribution >= 0.6 is 11.3 Å². The molecule has 1 atom stereocenters. The molecule has 1 aliphatic rings.